The highest BCUT2D eigenvalue weighted by molar-refractivity contribution is 6.35. The second-order valence-electron chi connectivity index (χ2n) is 10.0. The van der Waals surface area contributed by atoms with Gasteiger partial charge in [-0.3, -0.25) is 9.59 Å². The van der Waals surface area contributed by atoms with Gasteiger partial charge in [-0.05, 0) is 60.6 Å². The molecule has 0 aliphatic rings. The predicted octanol–water partition coefficient (Wildman–Crippen LogP) is 7.21. The third-order valence-electron chi connectivity index (χ3n) is 6.33. The Bertz CT molecular complexity index is 1180. The number of hydrogen-bond acceptors (Lipinski definition) is 2. The summed E-state index contributed by atoms with van der Waals surface area (Å²) in [5.41, 5.74) is 4.09. The van der Waals surface area contributed by atoms with E-state index in [-0.39, 0.29) is 30.8 Å². The van der Waals surface area contributed by atoms with Gasteiger partial charge in [-0.2, -0.15) is 0 Å². The predicted molar refractivity (Wildman–Crippen MR) is 153 cm³/mol. The number of aryl methyl sites for hydroxylation is 1. The fraction of sp³-hybridized carbons (Fsp3) is 0.355. The lowest BCUT2D eigenvalue weighted by Gasteiger charge is -2.32. The molecule has 1 unspecified atom stereocenters. The third kappa shape index (κ3) is 8.62. The summed E-state index contributed by atoms with van der Waals surface area (Å²) in [5.74, 6) is 0.172. The maximum Gasteiger partial charge on any atom is 0.243 e. The molecule has 0 aliphatic heterocycles. The van der Waals surface area contributed by atoms with Crippen molar-refractivity contribution >= 4 is 35.0 Å². The number of rotatable bonds is 11. The number of nitrogens with one attached hydrogen (secondary N) is 1. The van der Waals surface area contributed by atoms with Crippen LogP contribution < -0.4 is 5.32 Å². The first-order valence-corrected chi connectivity index (χ1v) is 13.6. The van der Waals surface area contributed by atoms with E-state index in [9.17, 15) is 9.59 Å². The second kappa shape index (κ2) is 13.6. The van der Waals surface area contributed by atoms with Crippen LogP contribution in [0, 0.1) is 0 Å². The first kappa shape index (κ1) is 28.7. The quantitative estimate of drug-likeness (QED) is 0.280. The molecule has 0 saturated carbocycles. The zero-order valence-electron chi connectivity index (χ0n) is 22.0. The Kier molecular flexibility index (Phi) is 10.6. The van der Waals surface area contributed by atoms with Crippen LogP contribution in [-0.2, 0) is 29.0 Å². The lowest BCUT2D eigenvalue weighted by molar-refractivity contribution is -0.141. The number of halogens is 2. The van der Waals surface area contributed by atoms with E-state index in [1.54, 1.807) is 17.0 Å². The molecule has 0 radical (unpaired) electrons. The van der Waals surface area contributed by atoms with Gasteiger partial charge in [0, 0.05) is 35.5 Å². The number of carbonyl (C=O) groups excluding carboxylic acids is 2. The summed E-state index contributed by atoms with van der Waals surface area (Å²) in [6.07, 6.45) is 1.28. The minimum Gasteiger partial charge on any atom is -0.352 e. The molecule has 6 heteroatoms. The molecule has 196 valence electrons. The largest absolute Gasteiger partial charge is 0.352 e. The van der Waals surface area contributed by atoms with E-state index in [1.165, 1.54) is 5.56 Å². The van der Waals surface area contributed by atoms with Crippen LogP contribution in [0.4, 0.5) is 0 Å². The Morgan fingerprint density at radius 1 is 0.865 bits per heavy atom. The molecule has 3 aromatic carbocycles. The van der Waals surface area contributed by atoms with E-state index in [0.29, 0.717) is 28.8 Å². The van der Waals surface area contributed by atoms with Crippen LogP contribution in [0.1, 0.15) is 62.3 Å². The van der Waals surface area contributed by atoms with Crippen molar-refractivity contribution in [1.29, 1.82) is 0 Å². The molecule has 0 aromatic heterocycles. The summed E-state index contributed by atoms with van der Waals surface area (Å²) in [6, 6.07) is 22.6. The maximum absolute atomic E-state index is 13.8. The molecule has 0 bridgehead atoms. The average Bonchev–Trinajstić information content (AvgIpc) is 2.86. The van der Waals surface area contributed by atoms with Crippen molar-refractivity contribution in [3.63, 3.8) is 0 Å². The molecular formula is C31H36Cl2N2O2. The van der Waals surface area contributed by atoms with E-state index >= 15 is 0 Å². The molecule has 0 fully saturated rings. The molecule has 0 heterocycles. The van der Waals surface area contributed by atoms with Crippen LogP contribution in [0.25, 0.3) is 0 Å². The van der Waals surface area contributed by atoms with Crippen molar-refractivity contribution in [2.75, 3.05) is 0 Å². The molecule has 3 aromatic rings. The van der Waals surface area contributed by atoms with Crippen molar-refractivity contribution in [1.82, 2.24) is 10.2 Å². The van der Waals surface area contributed by atoms with Crippen molar-refractivity contribution in [3.05, 3.63) is 105 Å². The highest BCUT2D eigenvalue weighted by Crippen LogP contribution is 2.25. The van der Waals surface area contributed by atoms with Crippen LogP contribution in [0.3, 0.4) is 0 Å². The lowest BCUT2D eigenvalue weighted by Crippen LogP contribution is -2.51. The topological polar surface area (TPSA) is 49.4 Å². The van der Waals surface area contributed by atoms with Crippen LogP contribution in [0.15, 0.2) is 72.8 Å². The summed E-state index contributed by atoms with van der Waals surface area (Å²) >= 11 is 12.6. The monoisotopic (exact) mass is 538 g/mol. The molecule has 1 atom stereocenters. The van der Waals surface area contributed by atoms with E-state index in [4.69, 9.17) is 23.2 Å². The van der Waals surface area contributed by atoms with Crippen molar-refractivity contribution in [2.45, 2.75) is 71.5 Å². The van der Waals surface area contributed by atoms with Gasteiger partial charge in [-0.25, -0.2) is 0 Å². The zero-order valence-corrected chi connectivity index (χ0v) is 23.5. The Morgan fingerprint density at radius 2 is 1.54 bits per heavy atom. The minimum atomic E-state index is -0.688. The number of hydrogen-bond donors (Lipinski definition) is 1. The van der Waals surface area contributed by atoms with E-state index in [1.807, 2.05) is 50.2 Å². The average molecular weight is 540 g/mol. The van der Waals surface area contributed by atoms with Crippen molar-refractivity contribution < 1.29 is 9.59 Å². The van der Waals surface area contributed by atoms with Gasteiger partial charge in [0.1, 0.15) is 6.04 Å². The molecule has 4 nitrogen and oxygen atoms in total. The Labute approximate surface area is 231 Å². The number of nitrogens with zero attached hydrogens (tertiary/aromatic N) is 1. The normalized spacial score (nSPS) is 12.0. The van der Waals surface area contributed by atoms with Crippen molar-refractivity contribution in [3.8, 4) is 0 Å². The van der Waals surface area contributed by atoms with E-state index in [0.717, 1.165) is 16.7 Å². The Morgan fingerprint density at radius 3 is 2.14 bits per heavy atom. The molecule has 3 rings (SSSR count). The smallest absolute Gasteiger partial charge is 0.243 e. The fourth-order valence-corrected chi connectivity index (χ4v) is 4.70. The van der Waals surface area contributed by atoms with E-state index < -0.39 is 6.04 Å². The Balaban J connectivity index is 1.91. The van der Waals surface area contributed by atoms with Gasteiger partial charge in [0.2, 0.25) is 11.8 Å². The summed E-state index contributed by atoms with van der Waals surface area (Å²) in [7, 11) is 0. The highest BCUT2D eigenvalue weighted by Gasteiger charge is 2.31. The number of amides is 2. The number of benzene rings is 3. The van der Waals surface area contributed by atoms with Gasteiger partial charge < -0.3 is 10.2 Å². The summed E-state index contributed by atoms with van der Waals surface area (Å²) in [6.45, 7) is 8.37. The van der Waals surface area contributed by atoms with Crippen LogP contribution in [0.5, 0.6) is 0 Å². The highest BCUT2D eigenvalue weighted by atomic mass is 35.5. The Hall–Kier alpha value is -2.82. The SMILES string of the molecule is CC(C)NC(=O)C(Cc1ccccc1)N(Cc1ccc(Cl)cc1Cl)C(=O)CCc1ccc(C(C)C)cc1. The maximum atomic E-state index is 13.8. The molecule has 0 spiro atoms. The van der Waals surface area contributed by atoms with Crippen LogP contribution in [0.2, 0.25) is 10.0 Å². The lowest BCUT2D eigenvalue weighted by atomic mass is 9.99. The summed E-state index contributed by atoms with van der Waals surface area (Å²) in [4.78, 5) is 28.9. The first-order chi connectivity index (χ1) is 17.6. The number of carbonyl (C=O) groups is 2. The van der Waals surface area contributed by atoms with Crippen molar-refractivity contribution in [2.24, 2.45) is 0 Å². The summed E-state index contributed by atoms with van der Waals surface area (Å²) in [5, 5.41) is 4.00. The fourth-order valence-electron chi connectivity index (χ4n) is 4.23. The molecule has 1 N–H and O–H groups in total. The van der Waals surface area contributed by atoms with Gasteiger partial charge in [-0.15, -0.1) is 0 Å². The summed E-state index contributed by atoms with van der Waals surface area (Å²) < 4.78 is 0. The first-order valence-electron chi connectivity index (χ1n) is 12.8. The molecule has 0 saturated heterocycles. The van der Waals surface area contributed by atoms with Crippen LogP contribution in [-0.4, -0.2) is 28.8 Å². The molecular weight excluding hydrogens is 503 g/mol. The van der Waals surface area contributed by atoms with E-state index in [2.05, 4.69) is 43.4 Å². The minimum absolute atomic E-state index is 0.0543. The van der Waals surface area contributed by atoms with Gasteiger partial charge in [-0.1, -0.05) is 97.7 Å². The molecule has 2 amide bonds. The third-order valence-corrected chi connectivity index (χ3v) is 6.92. The standard InChI is InChI=1S/C31H36Cl2N2O2/c1-21(2)25-13-10-23(11-14-25)12-17-30(36)35(20-26-15-16-27(32)19-28(26)33)29(31(37)34-22(3)4)18-24-8-6-5-7-9-24/h5-11,13-16,19,21-22,29H,12,17-18,20H2,1-4H3,(H,34,37). The van der Waals surface area contributed by atoms with Gasteiger partial charge in [0.25, 0.3) is 0 Å². The molecule has 37 heavy (non-hydrogen) atoms. The zero-order chi connectivity index (χ0) is 26.9. The van der Waals surface area contributed by atoms with Gasteiger partial charge >= 0.3 is 0 Å². The van der Waals surface area contributed by atoms with Gasteiger partial charge in [0.15, 0.2) is 0 Å². The van der Waals surface area contributed by atoms with Gasteiger partial charge in [0.05, 0.1) is 0 Å². The second-order valence-corrected chi connectivity index (χ2v) is 10.9. The van der Waals surface area contributed by atoms with Crippen LogP contribution >= 0.6 is 23.2 Å². The molecule has 0 aliphatic carbocycles.